The number of aromatic nitrogens is 1. The molecule has 9 heteroatoms. The van der Waals surface area contributed by atoms with Gasteiger partial charge in [0.25, 0.3) is 0 Å². The molecule has 0 unspecified atom stereocenters. The Balaban J connectivity index is 1.30. The second-order valence-corrected chi connectivity index (χ2v) is 8.25. The van der Waals surface area contributed by atoms with Crippen LogP contribution in [0.5, 0.6) is 5.75 Å². The Kier molecular flexibility index (Phi) is 7.31. The smallest absolute Gasteiger partial charge is 0.420 e. The summed E-state index contributed by atoms with van der Waals surface area (Å²) < 4.78 is 17.4. The molecule has 3 aromatic rings. The summed E-state index contributed by atoms with van der Waals surface area (Å²) in [5, 5.41) is 2.76. The number of nitrogens with one attached hydrogen (secondary N) is 1. The molecule has 0 saturated carbocycles. The summed E-state index contributed by atoms with van der Waals surface area (Å²) in [6.45, 7) is 5.87. The molecule has 0 bridgehead atoms. The van der Waals surface area contributed by atoms with Gasteiger partial charge in [-0.1, -0.05) is 12.1 Å². The van der Waals surface area contributed by atoms with Gasteiger partial charge in [-0.2, -0.15) is 0 Å². The van der Waals surface area contributed by atoms with Crippen LogP contribution >= 0.6 is 0 Å². The summed E-state index contributed by atoms with van der Waals surface area (Å²) >= 11 is 0. The quantitative estimate of drug-likeness (QED) is 0.524. The molecule has 1 N–H and O–H groups in total. The third kappa shape index (κ3) is 5.94. The van der Waals surface area contributed by atoms with Gasteiger partial charge in [0, 0.05) is 44.5 Å². The van der Waals surface area contributed by atoms with Gasteiger partial charge < -0.3 is 23.7 Å². The summed E-state index contributed by atoms with van der Waals surface area (Å²) in [7, 11) is 3.69. The molecule has 1 fully saturated rings. The van der Waals surface area contributed by atoms with E-state index in [9.17, 15) is 9.59 Å². The van der Waals surface area contributed by atoms with Crippen molar-refractivity contribution < 1.29 is 18.7 Å². The van der Waals surface area contributed by atoms with Gasteiger partial charge in [-0.25, -0.2) is 9.59 Å². The van der Waals surface area contributed by atoms with Crippen molar-refractivity contribution in [1.29, 1.82) is 0 Å². The number of amides is 1. The van der Waals surface area contributed by atoms with Crippen LogP contribution in [0.4, 0.5) is 10.5 Å². The number of anilines is 1. The van der Waals surface area contributed by atoms with Crippen LogP contribution in [-0.4, -0.2) is 73.9 Å². The van der Waals surface area contributed by atoms with Gasteiger partial charge in [-0.15, -0.1) is 0 Å². The van der Waals surface area contributed by atoms with E-state index in [-0.39, 0.29) is 0 Å². The second-order valence-electron chi connectivity index (χ2n) is 8.25. The first-order chi connectivity index (χ1) is 16.0. The van der Waals surface area contributed by atoms with Crippen molar-refractivity contribution in [3.8, 4) is 5.75 Å². The summed E-state index contributed by atoms with van der Waals surface area (Å²) in [4.78, 5) is 29.2. The minimum absolute atomic E-state index is 0.313. The second kappa shape index (κ2) is 10.5. The van der Waals surface area contributed by atoms with E-state index in [1.54, 1.807) is 35.9 Å². The average molecular weight is 455 g/mol. The Morgan fingerprint density at radius 3 is 2.73 bits per heavy atom. The average Bonchev–Trinajstić information content (AvgIpc) is 3.12. The van der Waals surface area contributed by atoms with Crippen LogP contribution in [0, 0.1) is 0 Å². The van der Waals surface area contributed by atoms with E-state index in [0.717, 1.165) is 44.7 Å². The molecule has 1 aromatic heterocycles. The number of likely N-dealkylation sites (N-methyl/N-ethyl adjacent to an activating group) is 1. The number of piperazine rings is 1. The van der Waals surface area contributed by atoms with E-state index in [4.69, 9.17) is 13.9 Å². The van der Waals surface area contributed by atoms with Crippen molar-refractivity contribution in [3.05, 3.63) is 58.6 Å². The van der Waals surface area contributed by atoms with Crippen molar-refractivity contribution in [2.75, 3.05) is 58.8 Å². The Bertz CT molecular complexity index is 1150. The van der Waals surface area contributed by atoms with Crippen molar-refractivity contribution in [1.82, 2.24) is 14.4 Å². The molecular weight excluding hydrogens is 424 g/mol. The number of methoxy groups -OCH3 is 1. The van der Waals surface area contributed by atoms with E-state index in [2.05, 4.69) is 22.2 Å². The van der Waals surface area contributed by atoms with Crippen LogP contribution in [0.15, 0.2) is 51.7 Å². The number of nitrogens with zero attached hydrogens (tertiary/aromatic N) is 3. The van der Waals surface area contributed by atoms with E-state index >= 15 is 0 Å². The maximum absolute atomic E-state index is 12.3. The molecule has 0 aliphatic carbocycles. The molecule has 33 heavy (non-hydrogen) atoms. The van der Waals surface area contributed by atoms with Gasteiger partial charge in [0.05, 0.1) is 25.8 Å². The molecule has 1 aliphatic heterocycles. The van der Waals surface area contributed by atoms with Gasteiger partial charge in [0.2, 0.25) is 0 Å². The van der Waals surface area contributed by atoms with Crippen molar-refractivity contribution >= 4 is 22.9 Å². The molecular formula is C24H30N4O5. The van der Waals surface area contributed by atoms with E-state index in [1.807, 2.05) is 18.2 Å². The SMILES string of the molecule is COc1ccc2c(c1)oc(=O)n2Cc1cccc(NC(=O)OCCCN2CCN(C)CC2)c1. The van der Waals surface area contributed by atoms with Crippen LogP contribution in [0.3, 0.4) is 0 Å². The molecule has 1 aliphatic rings. The fourth-order valence-electron chi connectivity index (χ4n) is 3.93. The Morgan fingerprint density at radius 1 is 1.12 bits per heavy atom. The lowest BCUT2D eigenvalue weighted by Crippen LogP contribution is -2.44. The van der Waals surface area contributed by atoms with Crippen molar-refractivity contribution in [3.63, 3.8) is 0 Å². The maximum atomic E-state index is 12.3. The zero-order chi connectivity index (χ0) is 23.2. The van der Waals surface area contributed by atoms with Crippen molar-refractivity contribution in [2.24, 2.45) is 0 Å². The third-order valence-corrected chi connectivity index (χ3v) is 5.84. The maximum Gasteiger partial charge on any atom is 0.420 e. The molecule has 0 spiro atoms. The number of hydrogen-bond acceptors (Lipinski definition) is 7. The normalized spacial score (nSPS) is 15.0. The monoisotopic (exact) mass is 454 g/mol. The van der Waals surface area contributed by atoms with Crippen LogP contribution in [0.2, 0.25) is 0 Å². The van der Waals surface area contributed by atoms with Crippen LogP contribution in [-0.2, 0) is 11.3 Å². The summed E-state index contributed by atoms with van der Waals surface area (Å²) in [5.41, 5.74) is 2.61. The number of oxazole rings is 1. The highest BCUT2D eigenvalue weighted by molar-refractivity contribution is 5.84. The fourth-order valence-corrected chi connectivity index (χ4v) is 3.93. The predicted octanol–water partition coefficient (Wildman–Crippen LogP) is 2.84. The predicted molar refractivity (Wildman–Crippen MR) is 126 cm³/mol. The standard InChI is InChI=1S/C24H30N4O5/c1-26-10-12-27(13-11-26)9-4-14-32-23(29)25-19-6-3-5-18(15-19)17-28-21-8-7-20(31-2)16-22(21)33-24(28)30/h3,5-8,15-16H,4,9-14,17H2,1-2H3,(H,25,29). The molecule has 2 aromatic carbocycles. The zero-order valence-electron chi connectivity index (χ0n) is 19.1. The molecule has 4 rings (SSSR count). The Labute approximate surface area is 192 Å². The van der Waals surface area contributed by atoms with Gasteiger partial charge in [0.15, 0.2) is 5.58 Å². The first-order valence-corrected chi connectivity index (χ1v) is 11.1. The zero-order valence-corrected chi connectivity index (χ0v) is 19.1. The number of ether oxygens (including phenoxy) is 2. The first-order valence-electron chi connectivity index (χ1n) is 11.1. The minimum atomic E-state index is -0.483. The van der Waals surface area contributed by atoms with Crippen LogP contribution in [0.1, 0.15) is 12.0 Å². The highest BCUT2D eigenvalue weighted by Crippen LogP contribution is 2.21. The van der Waals surface area contributed by atoms with E-state index < -0.39 is 11.8 Å². The summed E-state index contributed by atoms with van der Waals surface area (Å²) in [5.74, 6) is 0.174. The Hall–Kier alpha value is -3.30. The summed E-state index contributed by atoms with van der Waals surface area (Å²) in [6.07, 6.45) is 0.321. The number of hydrogen-bond donors (Lipinski definition) is 1. The highest BCUT2D eigenvalue weighted by Gasteiger charge is 2.14. The molecule has 0 atom stereocenters. The lowest BCUT2D eigenvalue weighted by Gasteiger charge is -2.32. The van der Waals surface area contributed by atoms with Gasteiger partial charge in [-0.05, 0) is 43.3 Å². The van der Waals surface area contributed by atoms with Gasteiger partial charge >= 0.3 is 11.8 Å². The Morgan fingerprint density at radius 2 is 1.94 bits per heavy atom. The fraction of sp³-hybridized carbons (Fsp3) is 0.417. The molecule has 2 heterocycles. The largest absolute Gasteiger partial charge is 0.497 e. The molecule has 176 valence electrons. The minimum Gasteiger partial charge on any atom is -0.497 e. The number of rotatable bonds is 8. The number of fused-ring (bicyclic) bond motifs is 1. The van der Waals surface area contributed by atoms with Crippen LogP contribution in [0.25, 0.3) is 11.1 Å². The molecule has 0 radical (unpaired) electrons. The molecule has 1 saturated heterocycles. The third-order valence-electron chi connectivity index (χ3n) is 5.84. The summed E-state index contributed by atoms with van der Waals surface area (Å²) in [6, 6.07) is 12.6. The molecule has 1 amide bonds. The number of carbonyl (C=O) groups excluding carboxylic acids is 1. The highest BCUT2D eigenvalue weighted by atomic mass is 16.5. The van der Waals surface area contributed by atoms with Gasteiger partial charge in [-0.3, -0.25) is 9.88 Å². The topological polar surface area (TPSA) is 89.2 Å². The number of benzene rings is 2. The lowest BCUT2D eigenvalue weighted by atomic mass is 10.2. The lowest BCUT2D eigenvalue weighted by molar-refractivity contribution is 0.130. The first kappa shape index (κ1) is 22.9. The van der Waals surface area contributed by atoms with Crippen LogP contribution < -0.4 is 15.8 Å². The molecule has 9 nitrogen and oxygen atoms in total. The number of carbonyl (C=O) groups is 1. The van der Waals surface area contributed by atoms with E-state index in [1.165, 1.54) is 0 Å². The van der Waals surface area contributed by atoms with Gasteiger partial charge in [0.1, 0.15) is 5.75 Å². The van der Waals surface area contributed by atoms with E-state index in [0.29, 0.717) is 35.7 Å². The van der Waals surface area contributed by atoms with Crippen molar-refractivity contribution in [2.45, 2.75) is 13.0 Å².